The van der Waals surface area contributed by atoms with Crippen molar-refractivity contribution in [2.45, 2.75) is 45.7 Å². The summed E-state index contributed by atoms with van der Waals surface area (Å²) in [6.45, 7) is 3.68. The number of benzene rings is 3. The standard InChI is InChI=1S/C31H38N4O7S/c1-5-6-18-32-31(37)28(19-24-10-8-7-9-11-24)33(21-25-14-12-23(2)13-15-25)30(36)22-34(43(4,40)41)27-20-26(35(38)39)16-17-29(27)42-3/h7-17,20,28H,5-6,18-19,21-22H2,1-4H3,(H,32,37)/t28-/m0/s1. The van der Waals surface area contributed by atoms with E-state index in [0.717, 1.165) is 46.2 Å². The summed E-state index contributed by atoms with van der Waals surface area (Å²) in [5.74, 6) is -0.991. The smallest absolute Gasteiger partial charge is 0.271 e. The molecule has 11 nitrogen and oxygen atoms in total. The SMILES string of the molecule is CCCCNC(=O)[C@H](Cc1ccccc1)N(Cc1ccc(C)cc1)C(=O)CN(c1cc([N+](=O)[O-])ccc1OC)S(C)(=O)=O. The Hall–Kier alpha value is -4.45. The van der Waals surface area contributed by atoms with Crippen molar-refractivity contribution in [2.24, 2.45) is 0 Å². The molecular formula is C31H38N4O7S. The fourth-order valence-corrected chi connectivity index (χ4v) is 5.38. The van der Waals surface area contributed by atoms with Crippen molar-refractivity contribution in [1.82, 2.24) is 10.2 Å². The van der Waals surface area contributed by atoms with Gasteiger partial charge in [-0.1, -0.05) is 73.5 Å². The maximum absolute atomic E-state index is 14.2. The molecule has 0 heterocycles. The van der Waals surface area contributed by atoms with Gasteiger partial charge >= 0.3 is 0 Å². The van der Waals surface area contributed by atoms with Crippen LogP contribution in [0, 0.1) is 17.0 Å². The summed E-state index contributed by atoms with van der Waals surface area (Å²) in [6, 6.07) is 19.3. The Morgan fingerprint density at radius 3 is 2.28 bits per heavy atom. The van der Waals surface area contributed by atoms with Crippen molar-refractivity contribution in [2.75, 3.05) is 30.8 Å². The molecule has 0 saturated carbocycles. The highest BCUT2D eigenvalue weighted by Gasteiger charge is 2.34. The average molecular weight is 611 g/mol. The molecule has 0 aromatic heterocycles. The number of methoxy groups -OCH3 is 1. The van der Waals surface area contributed by atoms with Crippen LogP contribution in [0.15, 0.2) is 72.8 Å². The normalized spacial score (nSPS) is 11.8. The topological polar surface area (TPSA) is 139 Å². The van der Waals surface area contributed by atoms with E-state index in [4.69, 9.17) is 4.74 Å². The van der Waals surface area contributed by atoms with Gasteiger partial charge in [-0.15, -0.1) is 0 Å². The minimum Gasteiger partial charge on any atom is -0.495 e. The summed E-state index contributed by atoms with van der Waals surface area (Å²) in [4.78, 5) is 40.1. The molecule has 0 aliphatic rings. The summed E-state index contributed by atoms with van der Waals surface area (Å²) in [6.07, 6.45) is 2.71. The summed E-state index contributed by atoms with van der Waals surface area (Å²) in [7, 11) is -2.84. The van der Waals surface area contributed by atoms with Gasteiger partial charge in [0.15, 0.2) is 0 Å². The summed E-state index contributed by atoms with van der Waals surface area (Å²) in [5.41, 5.74) is 2.05. The number of nitro benzene ring substituents is 1. The number of nitrogens with zero attached hydrogens (tertiary/aromatic N) is 3. The van der Waals surface area contributed by atoms with E-state index in [1.165, 1.54) is 24.1 Å². The van der Waals surface area contributed by atoms with Crippen LogP contribution in [-0.2, 0) is 32.6 Å². The van der Waals surface area contributed by atoms with Crippen LogP contribution < -0.4 is 14.4 Å². The number of nitro groups is 1. The number of non-ortho nitro benzene ring substituents is 1. The molecule has 0 bridgehead atoms. The molecule has 12 heteroatoms. The molecule has 0 spiro atoms. The van der Waals surface area contributed by atoms with Crippen molar-refractivity contribution in [1.29, 1.82) is 0 Å². The first kappa shape index (κ1) is 33.1. The molecule has 230 valence electrons. The number of carbonyl (C=O) groups excluding carboxylic acids is 2. The lowest BCUT2D eigenvalue weighted by atomic mass is 10.0. The van der Waals surface area contributed by atoms with Gasteiger partial charge in [0, 0.05) is 31.6 Å². The zero-order valence-electron chi connectivity index (χ0n) is 24.9. The van der Waals surface area contributed by atoms with Crippen LogP contribution in [0.5, 0.6) is 5.75 Å². The second-order valence-electron chi connectivity index (χ2n) is 10.2. The van der Waals surface area contributed by atoms with Crippen LogP contribution in [0.3, 0.4) is 0 Å². The molecule has 1 atom stereocenters. The third-order valence-electron chi connectivity index (χ3n) is 6.90. The van der Waals surface area contributed by atoms with Crippen molar-refractivity contribution in [3.05, 3.63) is 99.6 Å². The van der Waals surface area contributed by atoms with Crippen LogP contribution in [0.4, 0.5) is 11.4 Å². The number of hydrogen-bond donors (Lipinski definition) is 1. The first-order valence-electron chi connectivity index (χ1n) is 13.9. The lowest BCUT2D eigenvalue weighted by Gasteiger charge is -2.33. The van der Waals surface area contributed by atoms with E-state index in [9.17, 15) is 28.1 Å². The molecular weight excluding hydrogens is 572 g/mol. The second kappa shape index (κ2) is 15.1. The van der Waals surface area contributed by atoms with Crippen molar-refractivity contribution in [3.63, 3.8) is 0 Å². The lowest BCUT2D eigenvalue weighted by Crippen LogP contribution is -2.53. The third kappa shape index (κ3) is 9.27. The van der Waals surface area contributed by atoms with E-state index >= 15 is 0 Å². The Morgan fingerprint density at radius 2 is 1.70 bits per heavy atom. The Bertz CT molecular complexity index is 1510. The van der Waals surface area contributed by atoms with E-state index < -0.39 is 33.4 Å². The summed E-state index contributed by atoms with van der Waals surface area (Å²) in [5, 5.41) is 14.4. The molecule has 0 radical (unpaired) electrons. The van der Waals surface area contributed by atoms with Crippen molar-refractivity contribution >= 4 is 33.2 Å². The number of anilines is 1. The maximum atomic E-state index is 14.2. The van der Waals surface area contributed by atoms with Gasteiger partial charge in [-0.2, -0.15) is 0 Å². The highest BCUT2D eigenvalue weighted by molar-refractivity contribution is 7.92. The predicted octanol–water partition coefficient (Wildman–Crippen LogP) is 4.23. The van der Waals surface area contributed by atoms with Crippen LogP contribution >= 0.6 is 0 Å². The summed E-state index contributed by atoms with van der Waals surface area (Å²) >= 11 is 0. The first-order chi connectivity index (χ1) is 20.4. The van der Waals surface area contributed by atoms with E-state index in [1.54, 1.807) is 0 Å². The van der Waals surface area contributed by atoms with Crippen molar-refractivity contribution < 1.29 is 27.7 Å². The van der Waals surface area contributed by atoms with Crippen LogP contribution in [0.1, 0.15) is 36.5 Å². The highest BCUT2D eigenvalue weighted by Crippen LogP contribution is 2.34. The van der Waals surface area contributed by atoms with Gasteiger partial charge < -0.3 is 15.0 Å². The van der Waals surface area contributed by atoms with E-state index in [-0.39, 0.29) is 36.0 Å². The first-order valence-corrected chi connectivity index (χ1v) is 15.8. The Labute approximate surface area is 252 Å². The molecule has 0 saturated heterocycles. The average Bonchev–Trinajstić information content (AvgIpc) is 2.98. The fourth-order valence-electron chi connectivity index (χ4n) is 4.53. The lowest BCUT2D eigenvalue weighted by molar-refractivity contribution is -0.384. The number of nitrogens with one attached hydrogen (secondary N) is 1. The Morgan fingerprint density at radius 1 is 1.02 bits per heavy atom. The van der Waals surface area contributed by atoms with Gasteiger partial charge in [-0.3, -0.25) is 24.0 Å². The largest absolute Gasteiger partial charge is 0.495 e. The molecule has 1 N–H and O–H groups in total. The molecule has 3 aromatic rings. The fraction of sp³-hybridized carbons (Fsp3) is 0.355. The van der Waals surface area contributed by atoms with Crippen LogP contribution in [0.2, 0.25) is 0 Å². The Balaban J connectivity index is 2.10. The number of hydrogen-bond acceptors (Lipinski definition) is 7. The summed E-state index contributed by atoms with van der Waals surface area (Å²) < 4.78 is 32.2. The number of ether oxygens (including phenoxy) is 1. The van der Waals surface area contributed by atoms with E-state index in [2.05, 4.69) is 5.32 Å². The van der Waals surface area contributed by atoms with Gasteiger partial charge in [0.25, 0.3) is 5.69 Å². The number of sulfonamides is 1. The number of rotatable bonds is 15. The predicted molar refractivity (Wildman–Crippen MR) is 165 cm³/mol. The Kier molecular flexibility index (Phi) is 11.6. The molecule has 0 aliphatic carbocycles. The molecule has 0 unspecified atom stereocenters. The number of unbranched alkanes of at least 4 members (excludes halogenated alkanes) is 1. The van der Waals surface area contributed by atoms with Gasteiger partial charge in [-0.25, -0.2) is 8.42 Å². The van der Waals surface area contributed by atoms with Gasteiger partial charge in [0.1, 0.15) is 24.0 Å². The zero-order valence-corrected chi connectivity index (χ0v) is 25.7. The quantitative estimate of drug-likeness (QED) is 0.154. The van der Waals surface area contributed by atoms with E-state index in [0.29, 0.717) is 6.54 Å². The number of amides is 2. The minimum atomic E-state index is -4.14. The van der Waals surface area contributed by atoms with Crippen LogP contribution in [-0.4, -0.2) is 62.6 Å². The number of carbonyl (C=O) groups is 2. The monoisotopic (exact) mass is 610 g/mol. The van der Waals surface area contributed by atoms with E-state index in [1.807, 2.05) is 68.4 Å². The molecule has 3 aromatic carbocycles. The molecule has 0 fully saturated rings. The molecule has 0 aliphatic heterocycles. The zero-order chi connectivity index (χ0) is 31.6. The molecule has 43 heavy (non-hydrogen) atoms. The van der Waals surface area contributed by atoms with Crippen molar-refractivity contribution in [3.8, 4) is 5.75 Å². The van der Waals surface area contributed by atoms with Gasteiger partial charge in [0.2, 0.25) is 21.8 Å². The van der Waals surface area contributed by atoms with Crippen LogP contribution in [0.25, 0.3) is 0 Å². The molecule has 2 amide bonds. The third-order valence-corrected chi connectivity index (χ3v) is 8.02. The van der Waals surface area contributed by atoms with Gasteiger partial charge in [0.05, 0.1) is 18.3 Å². The second-order valence-corrected chi connectivity index (χ2v) is 12.1. The highest BCUT2D eigenvalue weighted by atomic mass is 32.2. The minimum absolute atomic E-state index is 0.0293. The van der Waals surface area contributed by atoms with Gasteiger partial charge in [-0.05, 0) is 30.5 Å². The molecule has 3 rings (SSSR count). The maximum Gasteiger partial charge on any atom is 0.271 e. The number of aryl methyl sites for hydroxylation is 1.